The topological polar surface area (TPSA) is 68.3 Å². The highest BCUT2D eigenvalue weighted by molar-refractivity contribution is 6.08. The molecule has 4 rings (SSSR count). The summed E-state index contributed by atoms with van der Waals surface area (Å²) in [4.78, 5) is 17.1. The van der Waals surface area contributed by atoms with Crippen LogP contribution in [-0.2, 0) is 0 Å². The molecule has 0 saturated carbocycles. The van der Waals surface area contributed by atoms with Gasteiger partial charge in [0.2, 0.25) is 0 Å². The normalized spacial score (nSPS) is 16.5. The highest BCUT2D eigenvalue weighted by atomic mass is 16.3. The first-order valence-electron chi connectivity index (χ1n) is 8.07. The van der Waals surface area contributed by atoms with Gasteiger partial charge in [-0.05, 0) is 18.6 Å². The summed E-state index contributed by atoms with van der Waals surface area (Å²) in [6.45, 7) is 6.80. The average Bonchev–Trinajstić information content (AvgIpc) is 2.93. The van der Waals surface area contributed by atoms with Crippen molar-refractivity contribution in [1.29, 1.82) is 0 Å². The van der Waals surface area contributed by atoms with Crippen molar-refractivity contribution >= 4 is 27.8 Å². The van der Waals surface area contributed by atoms with E-state index in [9.17, 15) is 0 Å². The molecule has 0 amide bonds. The zero-order valence-corrected chi connectivity index (χ0v) is 13.3. The number of nitrogens with one attached hydrogen (secondary N) is 1. The lowest BCUT2D eigenvalue weighted by Crippen LogP contribution is -2.47. The van der Waals surface area contributed by atoms with Crippen LogP contribution in [0.15, 0.2) is 24.5 Å². The molecule has 1 aliphatic rings. The quantitative estimate of drug-likeness (QED) is 0.768. The van der Waals surface area contributed by atoms with E-state index in [4.69, 9.17) is 5.11 Å². The number of β-amino-alcohol motifs (C(OH)–C–C–N with tert-alkyl or cyclic N) is 1. The molecule has 0 unspecified atom stereocenters. The highest BCUT2D eigenvalue weighted by Gasteiger charge is 2.21. The molecular weight excluding hydrogens is 290 g/mol. The van der Waals surface area contributed by atoms with Gasteiger partial charge in [0.15, 0.2) is 5.82 Å². The van der Waals surface area contributed by atoms with Crippen molar-refractivity contribution in [1.82, 2.24) is 19.9 Å². The van der Waals surface area contributed by atoms with Gasteiger partial charge >= 0.3 is 0 Å². The van der Waals surface area contributed by atoms with Crippen molar-refractivity contribution < 1.29 is 5.11 Å². The number of aromatic amines is 1. The molecule has 3 heterocycles. The molecule has 0 aliphatic carbocycles. The minimum atomic E-state index is 0.221. The van der Waals surface area contributed by atoms with Crippen LogP contribution in [-0.4, -0.2) is 64.3 Å². The number of fused-ring (bicyclic) bond motifs is 3. The fourth-order valence-electron chi connectivity index (χ4n) is 3.36. The summed E-state index contributed by atoms with van der Waals surface area (Å²) in [6, 6.07) is 6.39. The van der Waals surface area contributed by atoms with Crippen LogP contribution in [0.25, 0.3) is 21.9 Å². The minimum Gasteiger partial charge on any atom is -0.395 e. The number of aliphatic hydroxyl groups is 1. The first-order chi connectivity index (χ1) is 11.3. The Morgan fingerprint density at radius 1 is 1.17 bits per heavy atom. The number of nitrogens with zero attached hydrogens (tertiary/aromatic N) is 4. The number of aromatic nitrogens is 3. The lowest BCUT2D eigenvalue weighted by atomic mass is 10.2. The number of aryl methyl sites for hydroxylation is 1. The van der Waals surface area contributed by atoms with Crippen LogP contribution in [0.1, 0.15) is 5.56 Å². The second-order valence-corrected chi connectivity index (χ2v) is 6.15. The fourth-order valence-corrected chi connectivity index (χ4v) is 3.36. The SMILES string of the molecule is Cc1ccc2c(c1)[nH]c1c(N3CCN(CCO)CC3)ncnc12. The van der Waals surface area contributed by atoms with Crippen LogP contribution in [0.2, 0.25) is 0 Å². The summed E-state index contributed by atoms with van der Waals surface area (Å²) in [7, 11) is 0. The number of benzene rings is 1. The highest BCUT2D eigenvalue weighted by Crippen LogP contribution is 2.29. The maximum atomic E-state index is 9.06. The molecule has 0 radical (unpaired) electrons. The molecule has 0 bridgehead atoms. The molecule has 0 atom stereocenters. The monoisotopic (exact) mass is 311 g/mol. The van der Waals surface area contributed by atoms with Gasteiger partial charge in [-0.2, -0.15) is 0 Å². The molecule has 3 aromatic rings. The molecule has 6 nitrogen and oxygen atoms in total. The molecule has 6 heteroatoms. The molecule has 1 fully saturated rings. The van der Waals surface area contributed by atoms with Gasteiger partial charge in [0, 0.05) is 43.6 Å². The lowest BCUT2D eigenvalue weighted by molar-refractivity contribution is 0.188. The van der Waals surface area contributed by atoms with E-state index in [0.29, 0.717) is 0 Å². The fraction of sp³-hybridized carbons (Fsp3) is 0.412. The van der Waals surface area contributed by atoms with Crippen molar-refractivity contribution in [2.45, 2.75) is 6.92 Å². The van der Waals surface area contributed by atoms with Crippen LogP contribution in [0.3, 0.4) is 0 Å². The molecule has 1 aliphatic heterocycles. The van der Waals surface area contributed by atoms with Gasteiger partial charge in [0.1, 0.15) is 17.4 Å². The van der Waals surface area contributed by atoms with Crippen LogP contribution in [0.5, 0.6) is 0 Å². The Balaban J connectivity index is 1.72. The number of aliphatic hydroxyl groups excluding tert-OH is 1. The molecule has 120 valence electrons. The molecule has 2 N–H and O–H groups in total. The van der Waals surface area contributed by atoms with Crippen molar-refractivity contribution in [3.63, 3.8) is 0 Å². The Kier molecular flexibility index (Phi) is 3.63. The summed E-state index contributed by atoms with van der Waals surface area (Å²) >= 11 is 0. The van der Waals surface area contributed by atoms with Crippen LogP contribution in [0, 0.1) is 6.92 Å². The van der Waals surface area contributed by atoms with Crippen molar-refractivity contribution in [3.8, 4) is 0 Å². The molecule has 2 aromatic heterocycles. The average molecular weight is 311 g/mol. The summed E-state index contributed by atoms with van der Waals surface area (Å²) in [5.41, 5.74) is 4.35. The number of anilines is 1. The Labute approximate surface area is 134 Å². The van der Waals surface area contributed by atoms with Gasteiger partial charge in [-0.3, -0.25) is 4.90 Å². The van der Waals surface area contributed by atoms with E-state index in [2.05, 4.69) is 49.9 Å². The second-order valence-electron chi connectivity index (χ2n) is 6.15. The molecule has 0 spiro atoms. The van der Waals surface area contributed by atoms with Gasteiger partial charge < -0.3 is 15.0 Å². The third-order valence-corrected chi connectivity index (χ3v) is 4.61. The zero-order chi connectivity index (χ0) is 15.8. The van der Waals surface area contributed by atoms with Crippen molar-refractivity contribution in [3.05, 3.63) is 30.1 Å². The van der Waals surface area contributed by atoms with E-state index >= 15 is 0 Å². The molecular formula is C17H21N5O. The van der Waals surface area contributed by atoms with Gasteiger partial charge in [0.25, 0.3) is 0 Å². The lowest BCUT2D eigenvalue weighted by Gasteiger charge is -2.35. The van der Waals surface area contributed by atoms with Gasteiger partial charge in [0.05, 0.1) is 6.61 Å². The van der Waals surface area contributed by atoms with E-state index in [1.807, 2.05) is 0 Å². The Morgan fingerprint density at radius 3 is 2.78 bits per heavy atom. The molecule has 1 saturated heterocycles. The van der Waals surface area contributed by atoms with Gasteiger partial charge in [-0.15, -0.1) is 0 Å². The predicted molar refractivity (Wildman–Crippen MR) is 91.9 cm³/mol. The Hall–Kier alpha value is -2.18. The molecule has 1 aromatic carbocycles. The summed E-state index contributed by atoms with van der Waals surface area (Å²) in [5, 5.41) is 10.2. The minimum absolute atomic E-state index is 0.221. The van der Waals surface area contributed by atoms with Crippen molar-refractivity contribution in [2.75, 3.05) is 44.2 Å². The van der Waals surface area contributed by atoms with E-state index in [1.165, 1.54) is 5.56 Å². The van der Waals surface area contributed by atoms with Crippen LogP contribution in [0.4, 0.5) is 5.82 Å². The third-order valence-electron chi connectivity index (χ3n) is 4.61. The first-order valence-corrected chi connectivity index (χ1v) is 8.07. The number of hydrogen-bond donors (Lipinski definition) is 2. The predicted octanol–water partition coefficient (Wildman–Crippen LogP) is 1.53. The number of hydrogen-bond acceptors (Lipinski definition) is 5. The largest absolute Gasteiger partial charge is 0.395 e. The van der Waals surface area contributed by atoms with Crippen LogP contribution < -0.4 is 4.90 Å². The molecule has 23 heavy (non-hydrogen) atoms. The second kappa shape index (κ2) is 5.79. The van der Waals surface area contributed by atoms with E-state index < -0.39 is 0 Å². The van der Waals surface area contributed by atoms with E-state index in [1.54, 1.807) is 6.33 Å². The Bertz CT molecular complexity index is 835. The summed E-state index contributed by atoms with van der Waals surface area (Å²) < 4.78 is 0. The first kappa shape index (κ1) is 14.4. The smallest absolute Gasteiger partial charge is 0.156 e. The summed E-state index contributed by atoms with van der Waals surface area (Å²) in [6.07, 6.45) is 1.66. The van der Waals surface area contributed by atoms with E-state index in [-0.39, 0.29) is 6.61 Å². The number of H-pyrrole nitrogens is 1. The third kappa shape index (κ3) is 2.54. The number of piperazine rings is 1. The summed E-state index contributed by atoms with van der Waals surface area (Å²) in [5.74, 6) is 0.979. The standard InChI is InChI=1S/C17H21N5O/c1-12-2-3-13-14(10-12)20-16-15(13)18-11-19-17(16)22-6-4-21(5-7-22)8-9-23/h2-3,10-11,20,23H,4-9H2,1H3. The Morgan fingerprint density at radius 2 is 2.00 bits per heavy atom. The van der Waals surface area contributed by atoms with E-state index in [0.717, 1.165) is 60.5 Å². The maximum Gasteiger partial charge on any atom is 0.156 e. The van der Waals surface area contributed by atoms with Gasteiger partial charge in [-0.1, -0.05) is 12.1 Å². The van der Waals surface area contributed by atoms with Crippen LogP contribution >= 0.6 is 0 Å². The number of rotatable bonds is 3. The van der Waals surface area contributed by atoms with Gasteiger partial charge in [-0.25, -0.2) is 9.97 Å². The zero-order valence-electron chi connectivity index (χ0n) is 13.3. The maximum absolute atomic E-state index is 9.06. The van der Waals surface area contributed by atoms with Crippen molar-refractivity contribution in [2.24, 2.45) is 0 Å².